The first-order valence-corrected chi connectivity index (χ1v) is 6.09. The van der Waals surface area contributed by atoms with Crippen LogP contribution in [0.3, 0.4) is 0 Å². The van der Waals surface area contributed by atoms with Crippen LogP contribution in [-0.4, -0.2) is 25.0 Å². The molecule has 0 aromatic heterocycles. The highest BCUT2D eigenvalue weighted by atomic mass is 19.1. The Kier molecular flexibility index (Phi) is 5.99. The summed E-state index contributed by atoms with van der Waals surface area (Å²) in [5.41, 5.74) is 0.623. The number of aryl methyl sites for hydroxylation is 1. The number of halogens is 1. The summed E-state index contributed by atoms with van der Waals surface area (Å²) in [7, 11) is 0. The third-order valence-electron chi connectivity index (χ3n) is 2.44. The maximum absolute atomic E-state index is 12.9. The van der Waals surface area contributed by atoms with Gasteiger partial charge >= 0.3 is 5.97 Å². The molecule has 0 aliphatic carbocycles. The minimum absolute atomic E-state index is 0.0540. The van der Waals surface area contributed by atoms with Crippen molar-refractivity contribution in [1.29, 1.82) is 0 Å². The molecule has 0 aliphatic rings. The molecule has 0 spiro atoms. The van der Waals surface area contributed by atoms with Crippen molar-refractivity contribution in [3.05, 3.63) is 29.6 Å². The van der Waals surface area contributed by atoms with Gasteiger partial charge < -0.3 is 9.47 Å². The molecule has 5 heteroatoms. The molecule has 0 amide bonds. The predicted molar refractivity (Wildman–Crippen MR) is 67.5 cm³/mol. The Morgan fingerprint density at radius 2 is 2.00 bits per heavy atom. The van der Waals surface area contributed by atoms with Crippen LogP contribution in [0.1, 0.15) is 25.3 Å². The van der Waals surface area contributed by atoms with E-state index in [1.165, 1.54) is 18.2 Å². The summed E-state index contributed by atoms with van der Waals surface area (Å²) in [6.45, 7) is 3.58. The fraction of sp³-hybridized carbons (Fsp3) is 0.429. The molecule has 0 saturated carbocycles. The van der Waals surface area contributed by atoms with Crippen LogP contribution in [0.4, 0.5) is 4.39 Å². The van der Waals surface area contributed by atoms with Crippen molar-refractivity contribution in [3.8, 4) is 5.75 Å². The molecule has 1 aromatic rings. The number of rotatable bonds is 7. The fourth-order valence-electron chi connectivity index (χ4n) is 1.48. The third kappa shape index (κ3) is 5.50. The number of esters is 1. The standard InChI is InChI=1S/C14H17FO4/c1-3-18-14(17)7-5-12(16)9-19-13-6-4-11(15)8-10(13)2/h4,6,8H,3,5,7,9H2,1-2H3. The van der Waals surface area contributed by atoms with Gasteiger partial charge in [-0.15, -0.1) is 0 Å². The molecule has 1 rings (SSSR count). The van der Waals surface area contributed by atoms with Crippen LogP contribution >= 0.6 is 0 Å². The van der Waals surface area contributed by atoms with Gasteiger partial charge in [0.1, 0.15) is 18.2 Å². The highest BCUT2D eigenvalue weighted by Crippen LogP contribution is 2.18. The van der Waals surface area contributed by atoms with Gasteiger partial charge in [-0.25, -0.2) is 4.39 Å². The molecule has 1 aromatic carbocycles. The van der Waals surface area contributed by atoms with Crippen molar-refractivity contribution in [2.24, 2.45) is 0 Å². The van der Waals surface area contributed by atoms with Crippen molar-refractivity contribution in [2.75, 3.05) is 13.2 Å². The Labute approximate surface area is 111 Å². The van der Waals surface area contributed by atoms with E-state index < -0.39 is 5.97 Å². The predicted octanol–water partition coefficient (Wildman–Crippen LogP) is 2.43. The monoisotopic (exact) mass is 268 g/mol. The van der Waals surface area contributed by atoms with Gasteiger partial charge in [0.15, 0.2) is 5.78 Å². The van der Waals surface area contributed by atoms with Crippen LogP contribution in [0.15, 0.2) is 18.2 Å². The number of Topliss-reactive ketones (excluding diaryl/α,β-unsaturated/α-hetero) is 1. The van der Waals surface area contributed by atoms with Crippen LogP contribution in [0.2, 0.25) is 0 Å². The van der Waals surface area contributed by atoms with Gasteiger partial charge in [-0.2, -0.15) is 0 Å². The van der Waals surface area contributed by atoms with Gasteiger partial charge in [-0.3, -0.25) is 9.59 Å². The van der Waals surface area contributed by atoms with E-state index in [4.69, 9.17) is 9.47 Å². The van der Waals surface area contributed by atoms with Gasteiger partial charge in [0.2, 0.25) is 0 Å². The van der Waals surface area contributed by atoms with E-state index in [0.717, 1.165) is 0 Å². The first-order chi connectivity index (χ1) is 9.02. The van der Waals surface area contributed by atoms with E-state index in [2.05, 4.69) is 0 Å². The highest BCUT2D eigenvalue weighted by Gasteiger charge is 2.09. The van der Waals surface area contributed by atoms with Gasteiger partial charge in [0, 0.05) is 6.42 Å². The van der Waals surface area contributed by atoms with Gasteiger partial charge in [0.25, 0.3) is 0 Å². The Morgan fingerprint density at radius 1 is 1.26 bits per heavy atom. The first kappa shape index (κ1) is 15.1. The smallest absolute Gasteiger partial charge is 0.306 e. The van der Waals surface area contributed by atoms with Crippen molar-refractivity contribution in [1.82, 2.24) is 0 Å². The largest absolute Gasteiger partial charge is 0.486 e. The van der Waals surface area contributed by atoms with Crippen LogP contribution in [0.25, 0.3) is 0 Å². The number of hydrogen-bond donors (Lipinski definition) is 0. The number of carbonyl (C=O) groups is 2. The zero-order valence-corrected chi connectivity index (χ0v) is 11.1. The molecule has 0 saturated heterocycles. The molecule has 0 unspecified atom stereocenters. The fourth-order valence-corrected chi connectivity index (χ4v) is 1.48. The normalized spacial score (nSPS) is 10.1. The summed E-state index contributed by atoms with van der Waals surface area (Å²) in [6, 6.07) is 4.08. The van der Waals surface area contributed by atoms with Crippen molar-refractivity contribution >= 4 is 11.8 Å². The molecule has 4 nitrogen and oxygen atoms in total. The molecule has 0 radical (unpaired) electrons. The lowest BCUT2D eigenvalue weighted by Gasteiger charge is -2.08. The van der Waals surface area contributed by atoms with Crippen LogP contribution in [0, 0.1) is 12.7 Å². The van der Waals surface area contributed by atoms with Crippen LogP contribution in [0.5, 0.6) is 5.75 Å². The zero-order valence-electron chi connectivity index (χ0n) is 11.1. The second-order valence-electron chi connectivity index (χ2n) is 4.04. The number of carbonyl (C=O) groups excluding carboxylic acids is 2. The van der Waals surface area contributed by atoms with Crippen LogP contribution < -0.4 is 4.74 Å². The molecule has 104 valence electrons. The summed E-state index contributed by atoms with van der Waals surface area (Å²) < 4.78 is 22.8. The van der Waals surface area contributed by atoms with Crippen LogP contribution in [-0.2, 0) is 14.3 Å². The minimum Gasteiger partial charge on any atom is -0.486 e. The van der Waals surface area contributed by atoms with Gasteiger partial charge in [-0.1, -0.05) is 0 Å². The molecule has 0 bridgehead atoms. The topological polar surface area (TPSA) is 52.6 Å². The SMILES string of the molecule is CCOC(=O)CCC(=O)COc1ccc(F)cc1C. The van der Waals surface area contributed by atoms with E-state index in [9.17, 15) is 14.0 Å². The molecule has 19 heavy (non-hydrogen) atoms. The summed E-state index contributed by atoms with van der Waals surface area (Å²) in [5, 5.41) is 0. The second kappa shape index (κ2) is 7.51. The number of ketones is 1. The number of benzene rings is 1. The quantitative estimate of drug-likeness (QED) is 0.713. The Morgan fingerprint density at radius 3 is 2.63 bits per heavy atom. The molecular weight excluding hydrogens is 251 g/mol. The van der Waals surface area contributed by atoms with E-state index in [0.29, 0.717) is 17.9 Å². The van der Waals surface area contributed by atoms with E-state index in [1.54, 1.807) is 13.8 Å². The Balaban J connectivity index is 2.36. The first-order valence-electron chi connectivity index (χ1n) is 6.09. The lowest BCUT2D eigenvalue weighted by Crippen LogP contribution is -2.14. The maximum Gasteiger partial charge on any atom is 0.306 e. The average molecular weight is 268 g/mol. The van der Waals surface area contributed by atoms with E-state index in [1.807, 2.05) is 0 Å². The lowest BCUT2D eigenvalue weighted by atomic mass is 10.2. The van der Waals surface area contributed by atoms with Crippen molar-refractivity contribution in [3.63, 3.8) is 0 Å². The Hall–Kier alpha value is -1.91. The molecule has 0 aliphatic heterocycles. The highest BCUT2D eigenvalue weighted by molar-refractivity contribution is 5.84. The number of hydrogen-bond acceptors (Lipinski definition) is 4. The summed E-state index contributed by atoms with van der Waals surface area (Å²) in [5.74, 6) is -0.477. The molecule has 0 heterocycles. The molecule has 0 fully saturated rings. The third-order valence-corrected chi connectivity index (χ3v) is 2.44. The van der Waals surface area contributed by atoms with Gasteiger partial charge in [-0.05, 0) is 37.6 Å². The summed E-state index contributed by atoms with van der Waals surface area (Å²) in [4.78, 5) is 22.6. The minimum atomic E-state index is -0.395. The lowest BCUT2D eigenvalue weighted by molar-refractivity contribution is -0.144. The Bertz CT molecular complexity index is 457. The summed E-state index contributed by atoms with van der Waals surface area (Å²) in [6.07, 6.45) is 0.136. The molecular formula is C14H17FO4. The number of ether oxygens (including phenoxy) is 2. The van der Waals surface area contributed by atoms with Gasteiger partial charge in [0.05, 0.1) is 13.0 Å². The molecule has 0 N–H and O–H groups in total. The zero-order chi connectivity index (χ0) is 14.3. The van der Waals surface area contributed by atoms with Crippen molar-refractivity contribution < 1.29 is 23.5 Å². The average Bonchev–Trinajstić information content (AvgIpc) is 2.35. The van der Waals surface area contributed by atoms with E-state index in [-0.39, 0.29) is 31.0 Å². The second-order valence-corrected chi connectivity index (χ2v) is 4.04. The molecule has 0 atom stereocenters. The van der Waals surface area contributed by atoms with Crippen molar-refractivity contribution in [2.45, 2.75) is 26.7 Å². The maximum atomic E-state index is 12.9. The van der Waals surface area contributed by atoms with E-state index >= 15 is 0 Å². The summed E-state index contributed by atoms with van der Waals surface area (Å²) >= 11 is 0.